The van der Waals surface area contributed by atoms with Crippen LogP contribution in [0.2, 0.25) is 19.6 Å². The Morgan fingerprint density at radius 3 is 1.91 bits per heavy atom. The van der Waals surface area contributed by atoms with E-state index in [1.165, 1.54) is 10.8 Å². The Balaban J connectivity index is -0.000000309. The summed E-state index contributed by atoms with van der Waals surface area (Å²) in [5, 5.41) is 10.7. The summed E-state index contributed by atoms with van der Waals surface area (Å²) in [6, 6.07) is 5.86. The van der Waals surface area contributed by atoms with Gasteiger partial charge in [-0.1, -0.05) is 37.8 Å². The van der Waals surface area contributed by atoms with Gasteiger partial charge in [0.1, 0.15) is 5.75 Å². The van der Waals surface area contributed by atoms with Gasteiger partial charge >= 0.3 is 24.8 Å². The zero-order valence-electron chi connectivity index (χ0n) is 14.0. The maximum Gasteiger partial charge on any atom is -1.00 e. The maximum atomic E-state index is 9.38. The van der Waals surface area contributed by atoms with E-state index in [0.29, 0.717) is 5.75 Å². The Labute approximate surface area is 160 Å². The van der Waals surface area contributed by atoms with Gasteiger partial charge in [-0.2, -0.15) is 6.08 Å². The van der Waals surface area contributed by atoms with Crippen molar-refractivity contribution in [1.82, 2.24) is 0 Å². The minimum Gasteiger partial charge on any atom is -1.00 e. The van der Waals surface area contributed by atoms with Crippen LogP contribution < -0.4 is 30.0 Å². The molecule has 1 aliphatic rings. The molecule has 2 rings (SSSR count). The summed E-state index contributed by atoms with van der Waals surface area (Å²) in [5.74, 6) is 0.396. The van der Waals surface area contributed by atoms with E-state index >= 15 is 0 Å². The Bertz CT molecular complexity index is 471. The summed E-state index contributed by atoms with van der Waals surface area (Å²) in [6.45, 7) is 10.9. The minimum absolute atomic E-state index is 0. The second-order valence-corrected chi connectivity index (χ2v) is 10.9. The van der Waals surface area contributed by atoms with Crippen molar-refractivity contribution in [3.05, 3.63) is 47.6 Å². The van der Waals surface area contributed by atoms with E-state index in [1.54, 1.807) is 26.0 Å². The first kappa shape index (κ1) is 26.8. The van der Waals surface area contributed by atoms with Crippen molar-refractivity contribution in [2.45, 2.75) is 39.9 Å². The number of rotatable bonds is 1. The molecule has 1 aromatic rings. The molecule has 0 amide bonds. The molecule has 5 heteroatoms. The van der Waals surface area contributed by atoms with E-state index in [9.17, 15) is 5.11 Å². The van der Waals surface area contributed by atoms with Crippen molar-refractivity contribution in [3.63, 3.8) is 0 Å². The van der Waals surface area contributed by atoms with Gasteiger partial charge in [0.15, 0.2) is 0 Å². The van der Waals surface area contributed by atoms with E-state index in [4.69, 9.17) is 0 Å². The van der Waals surface area contributed by atoms with Crippen LogP contribution in [-0.4, -0.2) is 18.0 Å². The van der Waals surface area contributed by atoms with Crippen molar-refractivity contribution in [3.8, 4) is 5.75 Å². The molecule has 0 bridgehead atoms. The summed E-state index contributed by atoms with van der Waals surface area (Å²) >= 11 is 1.75. The van der Waals surface area contributed by atoms with Crippen LogP contribution in [0.5, 0.6) is 5.75 Å². The molecule has 1 aliphatic carbocycles. The number of hydrogen-bond acceptors (Lipinski definition) is 1. The molecule has 1 nitrogen and oxygen atoms in total. The third-order valence-corrected chi connectivity index (χ3v) is 4.82. The van der Waals surface area contributed by atoms with Gasteiger partial charge in [0.2, 0.25) is 0 Å². The normalized spacial score (nSPS) is 11.7. The van der Waals surface area contributed by atoms with Gasteiger partial charge in [-0.15, -0.1) is 6.42 Å². The van der Waals surface area contributed by atoms with Crippen LogP contribution in [0.3, 0.4) is 0 Å². The zero-order chi connectivity index (χ0) is 15.8. The largest absolute Gasteiger partial charge is 1.00 e. The molecule has 22 heavy (non-hydrogen) atoms. The van der Waals surface area contributed by atoms with E-state index in [2.05, 4.69) is 55.7 Å². The number of aromatic hydroxyl groups is 1. The van der Waals surface area contributed by atoms with Crippen LogP contribution >= 0.6 is 0 Å². The molecule has 0 unspecified atom stereocenters. The molecule has 0 radical (unpaired) electrons. The molecule has 0 aromatic heterocycles. The zero-order valence-corrected chi connectivity index (χ0v) is 18.1. The molecular formula is C17H25Cl2OSiTi-2. The first-order valence-electron chi connectivity index (χ1n) is 6.69. The number of phenolic OH excluding ortho intramolecular Hbond substituents is 1. The van der Waals surface area contributed by atoms with Gasteiger partial charge in [-0.3, -0.25) is 6.08 Å². The molecule has 1 aromatic carbocycles. The number of allylic oxidation sites excluding steroid dienone is 4. The standard InChI is InChI=1S/C10H16OSi.C6H7.CH2.2ClH.Ti/c1-8-5-9(11)7-10(6-8)12(2,3)4;1-6-4-2-3-5-6;;;;/h5-7,11H,1-4H3;2,4H,3H2,1H3;1H2;2*1H;/q;-1;;;;+1/p-2. The third-order valence-electron chi connectivity index (χ3n) is 2.79. The second kappa shape index (κ2) is 13.3. The summed E-state index contributed by atoms with van der Waals surface area (Å²) in [7, 11) is -1.26. The monoisotopic (exact) mass is 391 g/mol. The average Bonchev–Trinajstić information content (AvgIpc) is 2.81. The Kier molecular flexibility index (Phi) is 16.2. The first-order valence-corrected chi connectivity index (χ1v) is 11.3. The van der Waals surface area contributed by atoms with Crippen molar-refractivity contribution < 1.29 is 49.9 Å². The molecule has 0 atom stereocenters. The summed E-state index contributed by atoms with van der Waals surface area (Å²) in [5.41, 5.74) is 2.42. The first-order chi connectivity index (χ1) is 9.29. The Morgan fingerprint density at radius 1 is 1.09 bits per heavy atom. The van der Waals surface area contributed by atoms with Crippen molar-refractivity contribution in [2.24, 2.45) is 0 Å². The van der Waals surface area contributed by atoms with E-state index in [1.807, 2.05) is 13.0 Å². The average molecular weight is 392 g/mol. The molecule has 0 aliphatic heterocycles. The predicted molar refractivity (Wildman–Crippen MR) is 89.1 cm³/mol. The topological polar surface area (TPSA) is 20.2 Å². The number of benzene rings is 1. The number of hydrogen-bond donors (Lipinski definition) is 1. The van der Waals surface area contributed by atoms with Crippen molar-refractivity contribution >= 4 is 18.1 Å². The van der Waals surface area contributed by atoms with Gasteiger partial charge in [0.25, 0.3) is 0 Å². The molecule has 0 heterocycles. The number of phenols is 1. The van der Waals surface area contributed by atoms with Crippen LogP contribution in [0.1, 0.15) is 18.9 Å². The van der Waals surface area contributed by atoms with E-state index < -0.39 is 8.07 Å². The van der Waals surface area contributed by atoms with Gasteiger partial charge in [0, 0.05) is 0 Å². The van der Waals surface area contributed by atoms with Crippen molar-refractivity contribution in [1.29, 1.82) is 0 Å². The molecule has 0 saturated heterocycles. The maximum absolute atomic E-state index is 9.38. The number of halogens is 2. The van der Waals surface area contributed by atoms with Crippen LogP contribution in [0.15, 0.2) is 35.9 Å². The summed E-state index contributed by atoms with van der Waals surface area (Å²) in [6.07, 6.45) is 8.33. The SMILES string of the molecule is CC1=[C-]CC=C1.Cc1cc(O)cc([Si](C)(C)C)c1.[CH2]=[Ti+].[Cl-].[Cl-]. The van der Waals surface area contributed by atoms with Gasteiger partial charge in [-0.25, -0.2) is 11.6 Å². The predicted octanol–water partition coefficient (Wildman–Crippen LogP) is -2.09. The van der Waals surface area contributed by atoms with Crippen molar-refractivity contribution in [2.75, 3.05) is 0 Å². The van der Waals surface area contributed by atoms with E-state index in [0.717, 1.165) is 12.0 Å². The van der Waals surface area contributed by atoms with Crippen LogP contribution in [0, 0.1) is 13.0 Å². The van der Waals surface area contributed by atoms with Crippen LogP contribution in [0.4, 0.5) is 0 Å². The van der Waals surface area contributed by atoms with Gasteiger partial charge in [-0.05, 0) is 24.6 Å². The smallest absolute Gasteiger partial charge is 1.00 e. The summed E-state index contributed by atoms with van der Waals surface area (Å²) < 4.78 is 0. The minimum atomic E-state index is -1.26. The van der Waals surface area contributed by atoms with E-state index in [-0.39, 0.29) is 24.8 Å². The molecule has 1 N–H and O–H groups in total. The van der Waals surface area contributed by atoms with Crippen LogP contribution in [0.25, 0.3) is 0 Å². The quantitative estimate of drug-likeness (QED) is 0.430. The fourth-order valence-corrected chi connectivity index (χ4v) is 2.95. The van der Waals surface area contributed by atoms with Gasteiger partial charge in [0.05, 0.1) is 8.07 Å². The Morgan fingerprint density at radius 2 is 1.64 bits per heavy atom. The third kappa shape index (κ3) is 11.4. The summed E-state index contributed by atoms with van der Waals surface area (Å²) in [4.78, 5) is 3.25. The fraction of sp³-hybridized carbons (Fsp3) is 0.353. The van der Waals surface area contributed by atoms with Crippen LogP contribution in [-0.2, 0) is 20.0 Å². The molecular weight excluding hydrogens is 367 g/mol. The molecule has 0 spiro atoms. The number of aryl methyl sites for hydroxylation is 1. The fourth-order valence-electron chi connectivity index (χ4n) is 1.71. The van der Waals surface area contributed by atoms with Gasteiger partial charge < -0.3 is 29.9 Å². The molecule has 0 saturated carbocycles. The second-order valence-electron chi connectivity index (χ2n) is 5.77. The Hall–Kier alpha value is -0.119. The molecule has 0 fully saturated rings. The molecule has 123 valence electrons.